The van der Waals surface area contributed by atoms with Gasteiger partial charge in [-0.25, -0.2) is 4.98 Å². The molecule has 82 valence electrons. The number of Topliss-reactive ketones (excluding diaryl/α,β-unsaturated/α-hetero) is 1. The Balaban J connectivity index is 2.36. The minimum atomic E-state index is 0.0308. The van der Waals surface area contributed by atoms with Crippen molar-refractivity contribution in [1.82, 2.24) is 15.2 Å². The molecule has 0 spiro atoms. The molecule has 1 aromatic carbocycles. The molecule has 2 rings (SSSR count). The number of hydrogen-bond acceptors (Lipinski definition) is 4. The van der Waals surface area contributed by atoms with Crippen molar-refractivity contribution in [2.45, 2.75) is 17.0 Å². The summed E-state index contributed by atoms with van der Waals surface area (Å²) in [5.74, 6) is 0.0308. The van der Waals surface area contributed by atoms with Crippen LogP contribution in [0.4, 0.5) is 0 Å². The van der Waals surface area contributed by atoms with E-state index in [2.05, 4.69) is 31.1 Å². The molecule has 0 saturated heterocycles. The topological polar surface area (TPSA) is 58.6 Å². The number of carbonyl (C=O) groups is 1. The van der Waals surface area contributed by atoms with Crippen LogP contribution in [0, 0.1) is 0 Å². The highest BCUT2D eigenvalue weighted by Gasteiger charge is 2.10. The van der Waals surface area contributed by atoms with E-state index >= 15 is 0 Å². The number of H-pyrrole nitrogens is 1. The molecule has 0 aliphatic carbocycles. The van der Waals surface area contributed by atoms with Gasteiger partial charge in [-0.15, -0.1) is 0 Å². The molecule has 0 amide bonds. The lowest BCUT2D eigenvalue weighted by molar-refractivity contribution is 0.101. The maximum absolute atomic E-state index is 11.5. The van der Waals surface area contributed by atoms with Crippen LogP contribution in [0.3, 0.4) is 0 Å². The zero-order valence-electron chi connectivity index (χ0n) is 8.40. The van der Waals surface area contributed by atoms with Gasteiger partial charge in [-0.1, -0.05) is 15.9 Å². The number of ketones is 1. The van der Waals surface area contributed by atoms with Gasteiger partial charge in [0.25, 0.3) is 0 Å². The maximum atomic E-state index is 11.5. The van der Waals surface area contributed by atoms with Gasteiger partial charge < -0.3 is 0 Å². The van der Waals surface area contributed by atoms with Crippen LogP contribution in [-0.4, -0.2) is 21.0 Å². The van der Waals surface area contributed by atoms with Crippen molar-refractivity contribution in [2.75, 3.05) is 0 Å². The van der Waals surface area contributed by atoms with Crippen LogP contribution in [0.1, 0.15) is 17.3 Å². The number of benzene rings is 1. The van der Waals surface area contributed by atoms with Crippen molar-refractivity contribution in [3.63, 3.8) is 0 Å². The van der Waals surface area contributed by atoms with Gasteiger partial charge in [0.2, 0.25) is 0 Å². The van der Waals surface area contributed by atoms with Crippen molar-refractivity contribution < 1.29 is 4.79 Å². The summed E-state index contributed by atoms with van der Waals surface area (Å²) in [7, 11) is 0. The van der Waals surface area contributed by atoms with Crippen molar-refractivity contribution >= 4 is 33.5 Å². The summed E-state index contributed by atoms with van der Waals surface area (Å²) in [5.41, 5.74) is 0.677. The third kappa shape index (κ3) is 2.51. The average Bonchev–Trinajstić information content (AvgIpc) is 2.73. The number of carbonyl (C=O) groups excluding carboxylic acids is 1. The Morgan fingerprint density at radius 3 is 2.94 bits per heavy atom. The molecule has 1 heterocycles. The maximum Gasteiger partial charge on any atom is 0.188 e. The van der Waals surface area contributed by atoms with Gasteiger partial charge in [-0.2, -0.15) is 5.10 Å². The number of nitrogens with one attached hydrogen (secondary N) is 1. The first-order valence-corrected chi connectivity index (χ1v) is 6.11. The summed E-state index contributed by atoms with van der Waals surface area (Å²) in [4.78, 5) is 16.3. The first-order chi connectivity index (χ1) is 7.66. The molecule has 0 unspecified atom stereocenters. The van der Waals surface area contributed by atoms with Gasteiger partial charge in [-0.3, -0.25) is 9.89 Å². The van der Waals surface area contributed by atoms with Crippen LogP contribution in [-0.2, 0) is 0 Å². The molecule has 16 heavy (non-hydrogen) atoms. The Morgan fingerprint density at radius 2 is 2.31 bits per heavy atom. The standard InChI is InChI=1S/C10H8BrN3OS/c1-6(15)8-4-7(11)2-3-9(8)16-10-12-5-13-14-10/h2-5H,1H3,(H,12,13,14). The molecule has 0 bridgehead atoms. The van der Waals surface area contributed by atoms with Gasteiger partial charge in [0, 0.05) is 14.9 Å². The van der Waals surface area contributed by atoms with Crippen LogP contribution < -0.4 is 0 Å². The van der Waals surface area contributed by atoms with E-state index in [1.807, 2.05) is 12.1 Å². The summed E-state index contributed by atoms with van der Waals surface area (Å²) in [6.45, 7) is 1.55. The average molecular weight is 298 g/mol. The van der Waals surface area contributed by atoms with E-state index in [1.54, 1.807) is 13.0 Å². The summed E-state index contributed by atoms with van der Waals surface area (Å²) >= 11 is 4.73. The van der Waals surface area contributed by atoms with Crippen LogP contribution >= 0.6 is 27.7 Å². The van der Waals surface area contributed by atoms with E-state index in [0.717, 1.165) is 9.37 Å². The molecule has 0 fully saturated rings. The fourth-order valence-electron chi connectivity index (χ4n) is 1.21. The highest BCUT2D eigenvalue weighted by molar-refractivity contribution is 9.10. The van der Waals surface area contributed by atoms with Crippen LogP contribution in [0.15, 0.2) is 39.1 Å². The van der Waals surface area contributed by atoms with Gasteiger partial charge in [0.1, 0.15) is 6.33 Å². The van der Waals surface area contributed by atoms with E-state index < -0.39 is 0 Å². The first-order valence-electron chi connectivity index (χ1n) is 4.50. The minimum absolute atomic E-state index is 0.0308. The van der Waals surface area contributed by atoms with Crippen molar-refractivity contribution in [3.05, 3.63) is 34.6 Å². The quantitative estimate of drug-likeness (QED) is 0.885. The number of aromatic nitrogens is 3. The summed E-state index contributed by atoms with van der Waals surface area (Å²) in [5, 5.41) is 7.18. The largest absolute Gasteiger partial charge is 0.294 e. The highest BCUT2D eigenvalue weighted by Crippen LogP contribution is 2.29. The van der Waals surface area contributed by atoms with E-state index in [-0.39, 0.29) is 5.78 Å². The fourth-order valence-corrected chi connectivity index (χ4v) is 2.43. The molecule has 0 atom stereocenters. The molecule has 6 heteroatoms. The van der Waals surface area contributed by atoms with E-state index in [9.17, 15) is 4.79 Å². The zero-order valence-corrected chi connectivity index (χ0v) is 10.8. The molecule has 0 aliphatic rings. The predicted molar refractivity (Wildman–Crippen MR) is 64.7 cm³/mol. The second-order valence-electron chi connectivity index (χ2n) is 3.09. The SMILES string of the molecule is CC(=O)c1cc(Br)ccc1Sc1ncn[nH]1. The highest BCUT2D eigenvalue weighted by atomic mass is 79.9. The molecular weight excluding hydrogens is 290 g/mol. The van der Waals surface area contributed by atoms with Gasteiger partial charge >= 0.3 is 0 Å². The molecule has 4 nitrogen and oxygen atoms in total. The number of hydrogen-bond donors (Lipinski definition) is 1. The predicted octanol–water partition coefficient (Wildman–Crippen LogP) is 2.92. The number of nitrogens with zero attached hydrogens (tertiary/aromatic N) is 2. The zero-order chi connectivity index (χ0) is 11.5. The first kappa shape index (κ1) is 11.3. The molecule has 2 aromatic rings. The molecule has 0 radical (unpaired) electrons. The molecule has 0 aliphatic heterocycles. The van der Waals surface area contributed by atoms with Gasteiger partial charge in [0.05, 0.1) is 0 Å². The molecule has 1 aromatic heterocycles. The smallest absolute Gasteiger partial charge is 0.188 e. The third-order valence-corrected chi connectivity index (χ3v) is 3.38. The second-order valence-corrected chi connectivity index (χ2v) is 5.04. The summed E-state index contributed by atoms with van der Waals surface area (Å²) < 4.78 is 0.889. The Kier molecular flexibility index (Phi) is 3.40. The van der Waals surface area contributed by atoms with Gasteiger partial charge in [0.15, 0.2) is 10.9 Å². The Labute approximate surface area is 105 Å². The normalized spacial score (nSPS) is 10.4. The summed E-state index contributed by atoms with van der Waals surface area (Å²) in [6.07, 6.45) is 1.44. The van der Waals surface area contributed by atoms with E-state index in [4.69, 9.17) is 0 Å². The number of aromatic amines is 1. The lowest BCUT2D eigenvalue weighted by Crippen LogP contribution is -1.95. The monoisotopic (exact) mass is 297 g/mol. The van der Waals surface area contributed by atoms with Crippen LogP contribution in [0.2, 0.25) is 0 Å². The Bertz CT molecular complexity index is 513. The van der Waals surface area contributed by atoms with Crippen molar-refractivity contribution in [3.8, 4) is 0 Å². The van der Waals surface area contributed by atoms with Gasteiger partial charge in [-0.05, 0) is 36.9 Å². The third-order valence-electron chi connectivity index (χ3n) is 1.92. The van der Waals surface area contributed by atoms with Crippen molar-refractivity contribution in [2.24, 2.45) is 0 Å². The van der Waals surface area contributed by atoms with Crippen LogP contribution in [0.5, 0.6) is 0 Å². The van der Waals surface area contributed by atoms with Crippen molar-refractivity contribution in [1.29, 1.82) is 0 Å². The van der Waals surface area contributed by atoms with E-state index in [1.165, 1.54) is 18.1 Å². The lowest BCUT2D eigenvalue weighted by Gasteiger charge is -2.04. The number of halogens is 1. The molecular formula is C10H8BrN3OS. The second kappa shape index (κ2) is 4.80. The molecule has 1 N–H and O–H groups in total. The number of rotatable bonds is 3. The van der Waals surface area contributed by atoms with E-state index in [0.29, 0.717) is 10.7 Å². The summed E-state index contributed by atoms with van der Waals surface area (Å²) in [6, 6.07) is 5.58. The van der Waals surface area contributed by atoms with Crippen LogP contribution in [0.25, 0.3) is 0 Å². The fraction of sp³-hybridized carbons (Fsp3) is 0.100. The minimum Gasteiger partial charge on any atom is -0.294 e. The molecule has 0 saturated carbocycles. The Morgan fingerprint density at radius 1 is 1.50 bits per heavy atom. The Hall–Kier alpha value is -1.14. The lowest BCUT2D eigenvalue weighted by atomic mass is 10.1.